The van der Waals surface area contributed by atoms with Crippen molar-refractivity contribution in [2.24, 2.45) is 0 Å². The molecule has 24 heavy (non-hydrogen) atoms. The van der Waals surface area contributed by atoms with Gasteiger partial charge in [-0.05, 0) is 60.5 Å². The highest BCUT2D eigenvalue weighted by molar-refractivity contribution is 6.05. The number of esters is 1. The van der Waals surface area contributed by atoms with Crippen molar-refractivity contribution in [3.63, 3.8) is 0 Å². The molecule has 4 heteroatoms. The second-order valence-electron chi connectivity index (χ2n) is 5.46. The van der Waals surface area contributed by atoms with E-state index in [1.807, 2.05) is 49.4 Å². The number of aryl methyl sites for hydroxylation is 1. The molecule has 122 valence electrons. The normalized spacial score (nSPS) is 15.2. The summed E-state index contributed by atoms with van der Waals surface area (Å²) in [7, 11) is 3.24. The molecule has 0 atom stereocenters. The van der Waals surface area contributed by atoms with Gasteiger partial charge in [0.05, 0.1) is 19.8 Å². The highest BCUT2D eigenvalue weighted by Crippen LogP contribution is 2.29. The van der Waals surface area contributed by atoms with Crippen LogP contribution in [0.25, 0.3) is 11.8 Å². The molecule has 0 saturated carbocycles. The van der Waals surface area contributed by atoms with Gasteiger partial charge in [0.15, 0.2) is 0 Å². The minimum absolute atomic E-state index is 0.361. The molecular formula is C20H18O4. The van der Waals surface area contributed by atoms with E-state index in [1.54, 1.807) is 26.4 Å². The molecule has 0 N–H and O–H groups in total. The van der Waals surface area contributed by atoms with Gasteiger partial charge in [0.2, 0.25) is 0 Å². The molecule has 0 aliphatic carbocycles. The zero-order chi connectivity index (χ0) is 17.1. The molecule has 3 rings (SSSR count). The molecule has 1 aliphatic rings. The summed E-state index contributed by atoms with van der Waals surface area (Å²) < 4.78 is 15.8. The van der Waals surface area contributed by atoms with Crippen LogP contribution in [0.4, 0.5) is 0 Å². The highest BCUT2D eigenvalue weighted by Gasteiger charge is 2.22. The fourth-order valence-corrected chi connectivity index (χ4v) is 2.49. The van der Waals surface area contributed by atoms with Crippen LogP contribution in [0, 0.1) is 6.92 Å². The summed E-state index contributed by atoms with van der Waals surface area (Å²) in [5.41, 5.74) is 3.26. The molecule has 2 aromatic rings. The first kappa shape index (κ1) is 15.9. The SMILES string of the molecule is COc1ccc(C2=C/C(=C/c3ccc(C)c(OC)c3)C(=O)O2)cc1. The van der Waals surface area contributed by atoms with Crippen molar-refractivity contribution in [3.05, 3.63) is 70.8 Å². The molecule has 0 spiro atoms. The molecule has 1 heterocycles. The van der Waals surface area contributed by atoms with Crippen LogP contribution in [0.3, 0.4) is 0 Å². The summed E-state index contributed by atoms with van der Waals surface area (Å²) in [5, 5.41) is 0. The first-order valence-corrected chi connectivity index (χ1v) is 7.55. The first-order chi connectivity index (χ1) is 11.6. The molecule has 0 bridgehead atoms. The maximum atomic E-state index is 12.1. The Hall–Kier alpha value is -3.01. The topological polar surface area (TPSA) is 44.8 Å². The first-order valence-electron chi connectivity index (χ1n) is 7.55. The molecule has 0 unspecified atom stereocenters. The lowest BCUT2D eigenvalue weighted by Gasteiger charge is -2.05. The third-order valence-electron chi connectivity index (χ3n) is 3.85. The van der Waals surface area contributed by atoms with E-state index in [1.165, 1.54) is 0 Å². The number of ether oxygens (including phenoxy) is 3. The summed E-state index contributed by atoms with van der Waals surface area (Å²) in [6, 6.07) is 13.2. The average molecular weight is 322 g/mol. The van der Waals surface area contributed by atoms with Gasteiger partial charge < -0.3 is 14.2 Å². The predicted molar refractivity (Wildman–Crippen MR) is 92.8 cm³/mol. The van der Waals surface area contributed by atoms with Crippen LogP contribution >= 0.6 is 0 Å². The molecule has 0 radical (unpaired) electrons. The lowest BCUT2D eigenvalue weighted by atomic mass is 10.1. The number of hydrogen-bond donors (Lipinski definition) is 0. The Kier molecular flexibility index (Phi) is 4.38. The van der Waals surface area contributed by atoms with E-state index in [2.05, 4.69) is 0 Å². The molecule has 0 saturated heterocycles. The maximum Gasteiger partial charge on any atom is 0.343 e. The molecule has 4 nitrogen and oxygen atoms in total. The van der Waals surface area contributed by atoms with Crippen molar-refractivity contribution < 1.29 is 19.0 Å². The van der Waals surface area contributed by atoms with Gasteiger partial charge in [0.1, 0.15) is 17.3 Å². The second-order valence-corrected chi connectivity index (χ2v) is 5.46. The van der Waals surface area contributed by atoms with Gasteiger partial charge in [-0.2, -0.15) is 0 Å². The molecule has 0 fully saturated rings. The van der Waals surface area contributed by atoms with Crippen molar-refractivity contribution in [1.29, 1.82) is 0 Å². The van der Waals surface area contributed by atoms with Gasteiger partial charge in [-0.1, -0.05) is 12.1 Å². The standard InChI is InChI=1S/C20H18O4/c1-13-4-5-14(11-18(13)23-3)10-16-12-19(24-20(16)21)15-6-8-17(22-2)9-7-15/h4-12H,1-3H3/b16-10-. The van der Waals surface area contributed by atoms with E-state index >= 15 is 0 Å². The van der Waals surface area contributed by atoms with E-state index in [4.69, 9.17) is 14.2 Å². The predicted octanol–water partition coefficient (Wildman–Crippen LogP) is 3.99. The summed E-state index contributed by atoms with van der Waals surface area (Å²) in [6.45, 7) is 1.97. The van der Waals surface area contributed by atoms with Crippen molar-refractivity contribution >= 4 is 17.8 Å². The smallest absolute Gasteiger partial charge is 0.343 e. The Morgan fingerprint density at radius 1 is 1.00 bits per heavy atom. The van der Waals surface area contributed by atoms with Crippen LogP contribution in [0.1, 0.15) is 16.7 Å². The van der Waals surface area contributed by atoms with E-state index in [9.17, 15) is 4.79 Å². The minimum atomic E-state index is -0.361. The summed E-state index contributed by atoms with van der Waals surface area (Å²) >= 11 is 0. The van der Waals surface area contributed by atoms with E-state index in [-0.39, 0.29) is 5.97 Å². The van der Waals surface area contributed by atoms with Crippen LogP contribution in [0.5, 0.6) is 11.5 Å². The van der Waals surface area contributed by atoms with Gasteiger partial charge in [-0.15, -0.1) is 0 Å². The zero-order valence-corrected chi connectivity index (χ0v) is 13.8. The monoisotopic (exact) mass is 322 g/mol. The molecule has 1 aliphatic heterocycles. The largest absolute Gasteiger partial charge is 0.497 e. The van der Waals surface area contributed by atoms with E-state index in [0.717, 1.165) is 28.2 Å². The Morgan fingerprint density at radius 3 is 2.42 bits per heavy atom. The Bertz CT molecular complexity index is 829. The van der Waals surface area contributed by atoms with E-state index in [0.29, 0.717) is 11.3 Å². The van der Waals surface area contributed by atoms with Crippen molar-refractivity contribution in [1.82, 2.24) is 0 Å². The fraction of sp³-hybridized carbons (Fsp3) is 0.150. The number of hydrogen-bond acceptors (Lipinski definition) is 4. The molecule has 0 amide bonds. The summed E-state index contributed by atoms with van der Waals surface area (Å²) in [4.78, 5) is 12.1. The fourth-order valence-electron chi connectivity index (χ4n) is 2.49. The Balaban J connectivity index is 1.90. The number of carbonyl (C=O) groups is 1. The summed E-state index contributed by atoms with van der Waals surface area (Å²) in [5.74, 6) is 1.72. The van der Waals surface area contributed by atoms with Crippen LogP contribution in [0.2, 0.25) is 0 Å². The maximum absolute atomic E-state index is 12.1. The van der Waals surface area contributed by atoms with Gasteiger partial charge in [0, 0.05) is 5.56 Å². The van der Waals surface area contributed by atoms with Crippen LogP contribution in [-0.2, 0) is 9.53 Å². The zero-order valence-electron chi connectivity index (χ0n) is 13.8. The van der Waals surface area contributed by atoms with Gasteiger partial charge in [0.25, 0.3) is 0 Å². The minimum Gasteiger partial charge on any atom is -0.497 e. The summed E-state index contributed by atoms with van der Waals surface area (Å²) in [6.07, 6.45) is 3.54. The Labute approximate surface area is 141 Å². The van der Waals surface area contributed by atoms with Crippen LogP contribution in [-0.4, -0.2) is 20.2 Å². The van der Waals surface area contributed by atoms with Gasteiger partial charge in [-0.25, -0.2) is 4.79 Å². The molecular weight excluding hydrogens is 304 g/mol. The number of cyclic esters (lactones) is 1. The van der Waals surface area contributed by atoms with Gasteiger partial charge in [-0.3, -0.25) is 0 Å². The number of benzene rings is 2. The molecule has 0 aromatic heterocycles. The number of rotatable bonds is 4. The molecule has 2 aromatic carbocycles. The highest BCUT2D eigenvalue weighted by atomic mass is 16.5. The third-order valence-corrected chi connectivity index (χ3v) is 3.85. The van der Waals surface area contributed by atoms with E-state index < -0.39 is 0 Å². The van der Waals surface area contributed by atoms with Crippen LogP contribution in [0.15, 0.2) is 54.1 Å². The van der Waals surface area contributed by atoms with Crippen molar-refractivity contribution in [2.45, 2.75) is 6.92 Å². The Morgan fingerprint density at radius 2 is 1.75 bits per heavy atom. The number of carbonyl (C=O) groups excluding carboxylic acids is 1. The van der Waals surface area contributed by atoms with Crippen molar-refractivity contribution in [3.8, 4) is 11.5 Å². The van der Waals surface area contributed by atoms with Gasteiger partial charge >= 0.3 is 5.97 Å². The lowest BCUT2D eigenvalue weighted by Crippen LogP contribution is -1.97. The average Bonchev–Trinajstić information content (AvgIpc) is 2.97. The number of methoxy groups -OCH3 is 2. The lowest BCUT2D eigenvalue weighted by molar-refractivity contribution is -0.130. The van der Waals surface area contributed by atoms with Crippen molar-refractivity contribution in [2.75, 3.05) is 14.2 Å². The quantitative estimate of drug-likeness (QED) is 0.630. The third kappa shape index (κ3) is 3.18. The second kappa shape index (κ2) is 6.62. The van der Waals surface area contributed by atoms with Crippen LogP contribution < -0.4 is 9.47 Å².